The number of nitrogens with two attached hydrogens (primary N) is 1. The van der Waals surface area contributed by atoms with Crippen molar-refractivity contribution >= 4 is 36.8 Å². The van der Waals surface area contributed by atoms with E-state index in [0.29, 0.717) is 5.06 Å². The number of nitrogens with zero attached hydrogens (tertiary/aromatic N) is 2. The van der Waals surface area contributed by atoms with Gasteiger partial charge in [0.05, 0.1) is 12.6 Å². The van der Waals surface area contributed by atoms with E-state index in [-0.39, 0.29) is 31.3 Å². The van der Waals surface area contributed by atoms with E-state index in [0.717, 1.165) is 18.4 Å². The van der Waals surface area contributed by atoms with Crippen LogP contribution in [0.2, 0.25) is 0 Å². The molecule has 0 unspecified atom stereocenters. The van der Waals surface area contributed by atoms with Crippen molar-refractivity contribution in [2.75, 3.05) is 6.54 Å². The molecule has 116 valence electrons. The van der Waals surface area contributed by atoms with E-state index in [4.69, 9.17) is 10.8 Å². The molecule has 2 heterocycles. The summed E-state index contributed by atoms with van der Waals surface area (Å²) in [7, 11) is 0. The molecule has 0 aromatic heterocycles. The number of urea groups is 1. The van der Waals surface area contributed by atoms with Crippen molar-refractivity contribution in [3.05, 3.63) is 11.6 Å². The Labute approximate surface area is 137 Å². The minimum atomic E-state index is -2.64. The number of carbonyl (C=O) groups is 3. The number of aliphatic carboxylic acids is 1. The van der Waals surface area contributed by atoms with Crippen molar-refractivity contribution in [3.63, 3.8) is 0 Å². The molecule has 0 radical (unpaired) electrons. The van der Waals surface area contributed by atoms with Crippen LogP contribution in [0.15, 0.2) is 11.6 Å². The first-order valence-corrected chi connectivity index (χ1v) is 6.54. The summed E-state index contributed by atoms with van der Waals surface area (Å²) < 4.78 is 13.2. The molecule has 10 heteroatoms. The van der Waals surface area contributed by atoms with Crippen LogP contribution in [0.25, 0.3) is 0 Å². The summed E-state index contributed by atoms with van der Waals surface area (Å²) in [5.41, 5.74) is 6.10. The molecule has 2 bridgehead atoms. The zero-order valence-corrected chi connectivity index (χ0v) is 10.9. The van der Waals surface area contributed by atoms with Crippen molar-refractivity contribution in [3.8, 4) is 0 Å². The molecule has 0 spiro atoms. The van der Waals surface area contributed by atoms with Gasteiger partial charge in [-0.05, 0) is 24.3 Å². The summed E-state index contributed by atoms with van der Waals surface area (Å²) in [6.07, 6.45) is 0.848. The molecule has 3 atom stereocenters. The Morgan fingerprint density at radius 2 is 2.09 bits per heavy atom. The molecule has 3 amide bonds. The second-order valence-corrected chi connectivity index (χ2v) is 5.33. The van der Waals surface area contributed by atoms with Crippen molar-refractivity contribution in [1.29, 1.82) is 0 Å². The standard InChI is InChI=1S/C12H14FN3O5.Li.H/c13-9(11(18)19)21-16-6-3-7(5-1-2-5)8(10(14)17)15(4-6)12(16)20;;/h3,5-6,8-9H,1-2,4H2,(H2,14,17)(H,18,19);;/t6-,8+,9+;;/m1../s1. The summed E-state index contributed by atoms with van der Waals surface area (Å²) in [5, 5.41) is 9.19. The number of hydroxylamine groups is 2. The Bertz CT molecular complexity index is 553. The van der Waals surface area contributed by atoms with Crippen LogP contribution >= 0.6 is 0 Å². The van der Waals surface area contributed by atoms with Gasteiger partial charge in [0, 0.05) is 0 Å². The number of halogens is 1. The Hall–Kier alpha value is -1.56. The first kappa shape index (κ1) is 16.8. The molecule has 1 aliphatic carbocycles. The van der Waals surface area contributed by atoms with E-state index in [1.54, 1.807) is 6.08 Å². The Kier molecular flexibility index (Phi) is 4.51. The van der Waals surface area contributed by atoms with Gasteiger partial charge in [-0.2, -0.15) is 5.06 Å². The van der Waals surface area contributed by atoms with E-state index in [1.807, 2.05) is 0 Å². The van der Waals surface area contributed by atoms with Crippen molar-refractivity contribution < 1.29 is 28.7 Å². The Morgan fingerprint density at radius 3 is 2.59 bits per heavy atom. The zero-order valence-electron chi connectivity index (χ0n) is 10.9. The molecule has 3 rings (SSSR count). The van der Waals surface area contributed by atoms with Gasteiger partial charge >= 0.3 is 37.2 Å². The van der Waals surface area contributed by atoms with Crippen LogP contribution in [0, 0.1) is 5.92 Å². The molecular formula is C12H15FLiN3O5. The Morgan fingerprint density at radius 1 is 1.45 bits per heavy atom. The van der Waals surface area contributed by atoms with Crippen molar-refractivity contribution in [1.82, 2.24) is 9.96 Å². The second-order valence-electron chi connectivity index (χ2n) is 5.33. The van der Waals surface area contributed by atoms with Crippen LogP contribution in [0.1, 0.15) is 12.8 Å². The predicted molar refractivity (Wildman–Crippen MR) is 72.3 cm³/mol. The molecule has 0 aromatic carbocycles. The molecule has 3 aliphatic rings. The first-order valence-electron chi connectivity index (χ1n) is 6.54. The summed E-state index contributed by atoms with van der Waals surface area (Å²) in [6, 6.07) is -2.22. The first-order chi connectivity index (χ1) is 9.90. The van der Waals surface area contributed by atoms with Gasteiger partial charge in [0.1, 0.15) is 6.04 Å². The minimum absolute atomic E-state index is 0. The molecule has 2 fully saturated rings. The van der Waals surface area contributed by atoms with Crippen LogP contribution in [-0.4, -0.2) is 76.8 Å². The summed E-state index contributed by atoms with van der Waals surface area (Å²) >= 11 is 0. The number of hydrogen-bond donors (Lipinski definition) is 2. The predicted octanol–water partition coefficient (Wildman–Crippen LogP) is -1.04. The van der Waals surface area contributed by atoms with Crippen molar-refractivity contribution in [2.24, 2.45) is 11.7 Å². The third kappa shape index (κ3) is 2.72. The van der Waals surface area contributed by atoms with Crippen LogP contribution < -0.4 is 5.73 Å². The van der Waals surface area contributed by atoms with Gasteiger partial charge in [-0.25, -0.2) is 18.8 Å². The number of carboxylic acid groups (broad SMARTS) is 1. The number of fused-ring (bicyclic) bond motifs is 2. The van der Waals surface area contributed by atoms with Crippen LogP contribution in [-0.2, 0) is 14.4 Å². The normalized spacial score (nSPS) is 28.0. The van der Waals surface area contributed by atoms with Crippen LogP contribution in [0.5, 0.6) is 0 Å². The van der Waals surface area contributed by atoms with Gasteiger partial charge in [0.25, 0.3) is 0 Å². The number of alkyl halides is 1. The summed E-state index contributed by atoms with van der Waals surface area (Å²) in [5.74, 6) is -2.28. The fourth-order valence-corrected chi connectivity index (χ4v) is 2.81. The monoisotopic (exact) mass is 307 g/mol. The maximum atomic E-state index is 13.2. The fraction of sp³-hybridized carbons (Fsp3) is 0.583. The summed E-state index contributed by atoms with van der Waals surface area (Å²) in [6.45, 7) is 0.120. The molecular weight excluding hydrogens is 292 g/mol. The number of carbonyl (C=O) groups excluding carboxylic acids is 2. The Balaban J connectivity index is 0.00000176. The third-order valence-electron chi connectivity index (χ3n) is 3.85. The molecule has 22 heavy (non-hydrogen) atoms. The molecule has 1 saturated heterocycles. The molecule has 3 N–H and O–H groups in total. The number of rotatable bonds is 5. The van der Waals surface area contributed by atoms with Crippen molar-refractivity contribution in [2.45, 2.75) is 31.3 Å². The average Bonchev–Trinajstić information content (AvgIpc) is 3.23. The van der Waals surface area contributed by atoms with Gasteiger partial charge in [0.15, 0.2) is 0 Å². The van der Waals surface area contributed by atoms with Gasteiger partial charge < -0.3 is 15.7 Å². The topological polar surface area (TPSA) is 113 Å². The molecule has 1 saturated carbocycles. The number of amides is 3. The van der Waals surface area contributed by atoms with Gasteiger partial charge in [-0.15, -0.1) is 0 Å². The fourth-order valence-electron chi connectivity index (χ4n) is 2.81. The molecule has 8 nitrogen and oxygen atoms in total. The van der Waals surface area contributed by atoms with E-state index in [1.165, 1.54) is 4.90 Å². The maximum absolute atomic E-state index is 13.2. The quantitative estimate of drug-likeness (QED) is 0.497. The summed E-state index contributed by atoms with van der Waals surface area (Å²) in [4.78, 5) is 40.1. The number of primary amides is 1. The van der Waals surface area contributed by atoms with Gasteiger partial charge in [-0.3, -0.25) is 4.79 Å². The number of carboxylic acids is 1. The zero-order chi connectivity index (χ0) is 15.3. The molecule has 2 aliphatic heterocycles. The second kappa shape index (κ2) is 5.91. The van der Waals surface area contributed by atoms with E-state index in [2.05, 4.69) is 4.84 Å². The van der Waals surface area contributed by atoms with Crippen LogP contribution in [0.3, 0.4) is 0 Å². The van der Waals surface area contributed by atoms with E-state index < -0.39 is 36.3 Å². The van der Waals surface area contributed by atoms with Crippen LogP contribution in [0.4, 0.5) is 9.18 Å². The average molecular weight is 307 g/mol. The van der Waals surface area contributed by atoms with E-state index in [9.17, 15) is 18.8 Å². The van der Waals surface area contributed by atoms with E-state index >= 15 is 0 Å². The third-order valence-corrected chi connectivity index (χ3v) is 3.85. The number of hydrogen-bond acceptors (Lipinski definition) is 4. The van der Waals surface area contributed by atoms with Gasteiger partial charge in [-0.1, -0.05) is 6.08 Å². The SMILES string of the molecule is NC(=O)[C@@H]1C(C2CC2)=C[C@@H]2CN1C(=O)N2O[C@H](F)C(=O)O.[LiH]. The molecule has 0 aromatic rings. The van der Waals surface area contributed by atoms with Gasteiger partial charge in [0.2, 0.25) is 5.91 Å².